The van der Waals surface area contributed by atoms with Crippen molar-refractivity contribution in [3.05, 3.63) is 41.7 Å². The summed E-state index contributed by atoms with van der Waals surface area (Å²) in [6, 6.07) is 6.06. The second-order valence-corrected chi connectivity index (χ2v) is 2.63. The molecule has 3 heteroatoms. The first-order valence-corrected chi connectivity index (χ1v) is 3.84. The minimum Gasteiger partial charge on any atom is -0.411 e. The molecule has 0 radical (unpaired) electrons. The van der Waals surface area contributed by atoms with E-state index < -0.39 is 0 Å². The molecule has 0 aliphatic heterocycles. The van der Waals surface area contributed by atoms with Crippen molar-refractivity contribution in [2.45, 2.75) is 6.92 Å². The molecule has 1 aromatic rings. The van der Waals surface area contributed by atoms with Crippen LogP contribution in [0, 0.1) is 5.82 Å². The Morgan fingerprint density at radius 1 is 1.38 bits per heavy atom. The number of benzene rings is 1. The van der Waals surface area contributed by atoms with E-state index in [9.17, 15) is 4.39 Å². The van der Waals surface area contributed by atoms with Crippen LogP contribution in [0.15, 0.2) is 35.5 Å². The molecule has 0 bridgehead atoms. The maximum absolute atomic E-state index is 12.5. The van der Waals surface area contributed by atoms with E-state index in [2.05, 4.69) is 5.16 Å². The minimum atomic E-state index is -0.260. The highest BCUT2D eigenvalue weighted by atomic mass is 19.1. The van der Waals surface area contributed by atoms with Gasteiger partial charge in [-0.15, -0.1) is 0 Å². The van der Waals surface area contributed by atoms with Gasteiger partial charge in [0.05, 0.1) is 5.71 Å². The van der Waals surface area contributed by atoms with E-state index in [1.165, 1.54) is 12.1 Å². The SMILES string of the molecule is CC(/C=C/c1ccc(F)cc1)=NO. The zero-order valence-corrected chi connectivity index (χ0v) is 7.24. The van der Waals surface area contributed by atoms with Gasteiger partial charge in [0.2, 0.25) is 0 Å². The second-order valence-electron chi connectivity index (χ2n) is 2.63. The number of nitrogens with zero attached hydrogens (tertiary/aromatic N) is 1. The Bertz CT molecular complexity index is 327. The van der Waals surface area contributed by atoms with Gasteiger partial charge in [-0.05, 0) is 30.7 Å². The van der Waals surface area contributed by atoms with Gasteiger partial charge in [-0.25, -0.2) is 4.39 Å². The first-order valence-electron chi connectivity index (χ1n) is 3.84. The molecule has 1 N–H and O–H groups in total. The van der Waals surface area contributed by atoms with E-state index in [0.717, 1.165) is 5.56 Å². The first-order chi connectivity index (χ1) is 6.22. The second kappa shape index (κ2) is 4.40. The van der Waals surface area contributed by atoms with Crippen molar-refractivity contribution in [3.63, 3.8) is 0 Å². The number of allylic oxidation sites excluding steroid dienone is 1. The molecule has 0 spiro atoms. The van der Waals surface area contributed by atoms with Gasteiger partial charge < -0.3 is 5.21 Å². The van der Waals surface area contributed by atoms with Crippen LogP contribution < -0.4 is 0 Å². The fraction of sp³-hybridized carbons (Fsp3) is 0.100. The molecule has 0 saturated heterocycles. The maximum atomic E-state index is 12.5. The van der Waals surface area contributed by atoms with Crippen LogP contribution >= 0.6 is 0 Å². The highest BCUT2D eigenvalue weighted by molar-refractivity contribution is 5.95. The average molecular weight is 179 g/mol. The summed E-state index contributed by atoms with van der Waals surface area (Å²) in [5.74, 6) is -0.260. The van der Waals surface area contributed by atoms with Gasteiger partial charge in [0, 0.05) is 0 Å². The molecule has 0 fully saturated rings. The van der Waals surface area contributed by atoms with Gasteiger partial charge in [-0.1, -0.05) is 23.4 Å². The summed E-state index contributed by atoms with van der Waals surface area (Å²) in [6.07, 6.45) is 3.39. The standard InChI is InChI=1S/C10H10FNO/c1-8(12-13)2-3-9-4-6-10(11)7-5-9/h2-7,13H,1H3/b3-2+,12-8?. The predicted molar refractivity (Wildman–Crippen MR) is 50.3 cm³/mol. The molecular weight excluding hydrogens is 169 g/mol. The van der Waals surface area contributed by atoms with Crippen molar-refractivity contribution in [1.29, 1.82) is 0 Å². The van der Waals surface area contributed by atoms with Crippen LogP contribution in [0.1, 0.15) is 12.5 Å². The molecule has 0 aliphatic carbocycles. The van der Waals surface area contributed by atoms with Crippen LogP contribution in [-0.2, 0) is 0 Å². The van der Waals surface area contributed by atoms with Crippen molar-refractivity contribution in [1.82, 2.24) is 0 Å². The van der Waals surface area contributed by atoms with E-state index >= 15 is 0 Å². The molecule has 0 amide bonds. The zero-order chi connectivity index (χ0) is 9.68. The van der Waals surface area contributed by atoms with Crippen LogP contribution in [0.25, 0.3) is 6.08 Å². The van der Waals surface area contributed by atoms with E-state index in [1.807, 2.05) is 0 Å². The predicted octanol–water partition coefficient (Wildman–Crippen LogP) is 2.69. The van der Waals surface area contributed by atoms with Gasteiger partial charge in [0.25, 0.3) is 0 Å². The number of oxime groups is 1. The number of hydrogen-bond donors (Lipinski definition) is 1. The average Bonchev–Trinajstić information content (AvgIpc) is 2.16. The summed E-state index contributed by atoms with van der Waals surface area (Å²) < 4.78 is 12.5. The lowest BCUT2D eigenvalue weighted by Crippen LogP contribution is -1.82. The fourth-order valence-electron chi connectivity index (χ4n) is 0.824. The van der Waals surface area contributed by atoms with Crippen molar-refractivity contribution < 1.29 is 9.60 Å². The molecule has 0 atom stereocenters. The molecule has 1 aromatic carbocycles. The Balaban J connectivity index is 2.75. The van der Waals surface area contributed by atoms with Gasteiger partial charge in [-0.3, -0.25) is 0 Å². The van der Waals surface area contributed by atoms with Gasteiger partial charge in [0.1, 0.15) is 5.82 Å². The van der Waals surface area contributed by atoms with Gasteiger partial charge in [0.15, 0.2) is 0 Å². The van der Waals surface area contributed by atoms with E-state index in [-0.39, 0.29) is 5.82 Å². The van der Waals surface area contributed by atoms with Crippen LogP contribution in [0.4, 0.5) is 4.39 Å². The molecule has 0 saturated carbocycles. The molecule has 1 rings (SSSR count). The molecule has 2 nitrogen and oxygen atoms in total. The number of rotatable bonds is 2. The van der Waals surface area contributed by atoms with Crippen molar-refractivity contribution in [3.8, 4) is 0 Å². The van der Waals surface area contributed by atoms with Crippen LogP contribution in [0.3, 0.4) is 0 Å². The molecule has 0 heterocycles. The monoisotopic (exact) mass is 179 g/mol. The molecule has 0 unspecified atom stereocenters. The highest BCUT2D eigenvalue weighted by Gasteiger charge is 1.88. The fourth-order valence-corrected chi connectivity index (χ4v) is 0.824. The van der Waals surface area contributed by atoms with Crippen molar-refractivity contribution >= 4 is 11.8 Å². The summed E-state index contributed by atoms with van der Waals surface area (Å²) in [5, 5.41) is 11.3. The molecule has 68 valence electrons. The Kier molecular flexibility index (Phi) is 3.20. The van der Waals surface area contributed by atoms with Crippen LogP contribution in [0.2, 0.25) is 0 Å². The lowest BCUT2D eigenvalue weighted by atomic mass is 10.2. The summed E-state index contributed by atoms with van der Waals surface area (Å²) >= 11 is 0. The third-order valence-electron chi connectivity index (χ3n) is 1.54. The lowest BCUT2D eigenvalue weighted by molar-refractivity contribution is 0.319. The largest absolute Gasteiger partial charge is 0.411 e. The molecule has 13 heavy (non-hydrogen) atoms. The Hall–Kier alpha value is -1.64. The van der Waals surface area contributed by atoms with Crippen molar-refractivity contribution in [2.75, 3.05) is 0 Å². The lowest BCUT2D eigenvalue weighted by Gasteiger charge is -1.92. The van der Waals surface area contributed by atoms with Gasteiger partial charge in [-0.2, -0.15) is 0 Å². The molecular formula is C10H10FNO. The summed E-state index contributed by atoms with van der Waals surface area (Å²) in [6.45, 7) is 1.67. The first kappa shape index (κ1) is 9.45. The van der Waals surface area contributed by atoms with Crippen LogP contribution in [0.5, 0.6) is 0 Å². The molecule has 0 aromatic heterocycles. The van der Waals surface area contributed by atoms with Crippen molar-refractivity contribution in [2.24, 2.45) is 5.16 Å². The third-order valence-corrected chi connectivity index (χ3v) is 1.54. The molecule has 0 aliphatic rings. The maximum Gasteiger partial charge on any atom is 0.123 e. The highest BCUT2D eigenvalue weighted by Crippen LogP contribution is 2.04. The smallest absolute Gasteiger partial charge is 0.123 e. The topological polar surface area (TPSA) is 32.6 Å². The quantitative estimate of drug-likeness (QED) is 0.422. The van der Waals surface area contributed by atoms with E-state index in [0.29, 0.717) is 5.71 Å². The third kappa shape index (κ3) is 3.07. The Morgan fingerprint density at radius 2 is 2.00 bits per heavy atom. The Labute approximate surface area is 76.0 Å². The van der Waals surface area contributed by atoms with E-state index in [4.69, 9.17) is 5.21 Å². The summed E-state index contributed by atoms with van der Waals surface area (Å²) in [5.41, 5.74) is 1.37. The zero-order valence-electron chi connectivity index (χ0n) is 7.24. The van der Waals surface area contributed by atoms with Crippen LogP contribution in [-0.4, -0.2) is 10.9 Å². The summed E-state index contributed by atoms with van der Waals surface area (Å²) in [4.78, 5) is 0. The Morgan fingerprint density at radius 3 is 2.54 bits per heavy atom. The normalized spacial score (nSPS) is 12.3. The minimum absolute atomic E-state index is 0.260. The van der Waals surface area contributed by atoms with E-state index in [1.54, 1.807) is 31.2 Å². The van der Waals surface area contributed by atoms with Gasteiger partial charge >= 0.3 is 0 Å². The number of hydrogen-bond acceptors (Lipinski definition) is 2. The summed E-state index contributed by atoms with van der Waals surface area (Å²) in [7, 11) is 0. The number of halogens is 1.